The highest BCUT2D eigenvalue weighted by Crippen LogP contribution is 2.14. The predicted molar refractivity (Wildman–Crippen MR) is 63.0 cm³/mol. The number of aromatic nitrogens is 2. The summed E-state index contributed by atoms with van der Waals surface area (Å²) in [6.07, 6.45) is 2.64. The van der Waals surface area contributed by atoms with Crippen LogP contribution in [0, 0.1) is 0 Å². The van der Waals surface area contributed by atoms with E-state index in [1.54, 1.807) is 13.2 Å². The third kappa shape index (κ3) is 4.77. The normalized spacial score (nSPS) is 10.4. The molecule has 0 N–H and O–H groups in total. The SMILES string of the molecule is CCCc1nc(Cl)cc(OCCCOC)n1. The van der Waals surface area contributed by atoms with Gasteiger partial charge in [0.25, 0.3) is 0 Å². The first-order valence-electron chi connectivity index (χ1n) is 5.41. The third-order valence-corrected chi connectivity index (χ3v) is 2.13. The van der Waals surface area contributed by atoms with Crippen molar-refractivity contribution in [1.82, 2.24) is 9.97 Å². The van der Waals surface area contributed by atoms with Crippen molar-refractivity contribution in [2.75, 3.05) is 20.3 Å². The molecule has 5 heteroatoms. The predicted octanol–water partition coefficient (Wildman–Crippen LogP) is 2.50. The average Bonchev–Trinajstić information content (AvgIpc) is 2.24. The van der Waals surface area contributed by atoms with Crippen molar-refractivity contribution in [3.63, 3.8) is 0 Å². The summed E-state index contributed by atoms with van der Waals surface area (Å²) in [6, 6.07) is 1.63. The zero-order chi connectivity index (χ0) is 11.8. The minimum absolute atomic E-state index is 0.431. The van der Waals surface area contributed by atoms with Gasteiger partial charge in [-0.15, -0.1) is 0 Å². The largest absolute Gasteiger partial charge is 0.477 e. The van der Waals surface area contributed by atoms with E-state index in [0.29, 0.717) is 24.2 Å². The maximum atomic E-state index is 5.87. The van der Waals surface area contributed by atoms with Crippen molar-refractivity contribution in [2.45, 2.75) is 26.2 Å². The van der Waals surface area contributed by atoms with Gasteiger partial charge < -0.3 is 9.47 Å². The second kappa shape index (κ2) is 7.41. The molecule has 1 heterocycles. The quantitative estimate of drug-likeness (QED) is 0.546. The molecule has 0 spiro atoms. The first-order valence-corrected chi connectivity index (χ1v) is 5.79. The van der Waals surface area contributed by atoms with Crippen LogP contribution < -0.4 is 4.74 Å². The van der Waals surface area contributed by atoms with Crippen LogP contribution in [-0.2, 0) is 11.2 Å². The van der Waals surface area contributed by atoms with Crippen molar-refractivity contribution < 1.29 is 9.47 Å². The molecule has 0 unspecified atom stereocenters. The lowest BCUT2D eigenvalue weighted by molar-refractivity contribution is 0.170. The molecule has 0 amide bonds. The molecule has 4 nitrogen and oxygen atoms in total. The molecule has 0 fully saturated rings. The molecule has 0 atom stereocenters. The second-order valence-electron chi connectivity index (χ2n) is 3.39. The molecule has 1 aromatic heterocycles. The van der Waals surface area contributed by atoms with E-state index < -0.39 is 0 Å². The maximum absolute atomic E-state index is 5.87. The number of nitrogens with zero attached hydrogens (tertiary/aromatic N) is 2. The highest BCUT2D eigenvalue weighted by molar-refractivity contribution is 6.29. The standard InChI is InChI=1S/C11H17ClN2O2/c1-3-5-10-13-9(12)8-11(14-10)16-7-4-6-15-2/h8H,3-7H2,1-2H3. The highest BCUT2D eigenvalue weighted by atomic mass is 35.5. The number of hydrogen-bond acceptors (Lipinski definition) is 4. The number of aryl methyl sites for hydroxylation is 1. The van der Waals surface area contributed by atoms with Crippen molar-refractivity contribution in [3.05, 3.63) is 17.0 Å². The Balaban J connectivity index is 2.51. The minimum Gasteiger partial charge on any atom is -0.477 e. The van der Waals surface area contributed by atoms with Crippen LogP contribution in [-0.4, -0.2) is 30.3 Å². The first kappa shape index (κ1) is 13.2. The molecular weight excluding hydrogens is 228 g/mol. The number of hydrogen-bond donors (Lipinski definition) is 0. The summed E-state index contributed by atoms with van der Waals surface area (Å²) in [7, 11) is 1.67. The Morgan fingerprint density at radius 2 is 2.12 bits per heavy atom. The van der Waals surface area contributed by atoms with Crippen molar-refractivity contribution >= 4 is 11.6 Å². The van der Waals surface area contributed by atoms with Gasteiger partial charge in [-0.2, -0.15) is 4.98 Å². The summed E-state index contributed by atoms with van der Waals surface area (Å²) in [5.74, 6) is 1.27. The fraction of sp³-hybridized carbons (Fsp3) is 0.636. The minimum atomic E-state index is 0.431. The summed E-state index contributed by atoms with van der Waals surface area (Å²) < 4.78 is 10.4. The molecule has 16 heavy (non-hydrogen) atoms. The fourth-order valence-corrected chi connectivity index (χ4v) is 1.42. The van der Waals surface area contributed by atoms with Gasteiger partial charge in [0.1, 0.15) is 11.0 Å². The van der Waals surface area contributed by atoms with E-state index in [0.717, 1.165) is 25.1 Å². The highest BCUT2D eigenvalue weighted by Gasteiger charge is 2.03. The van der Waals surface area contributed by atoms with Crippen LogP contribution in [0.25, 0.3) is 0 Å². The molecule has 90 valence electrons. The Hall–Kier alpha value is -0.870. The molecule has 0 aliphatic heterocycles. The topological polar surface area (TPSA) is 44.2 Å². The Kier molecular flexibility index (Phi) is 6.11. The van der Waals surface area contributed by atoms with Gasteiger partial charge in [0.05, 0.1) is 6.61 Å². The second-order valence-corrected chi connectivity index (χ2v) is 3.78. The zero-order valence-corrected chi connectivity index (χ0v) is 10.5. The van der Waals surface area contributed by atoms with Crippen LogP contribution in [0.4, 0.5) is 0 Å². The van der Waals surface area contributed by atoms with Gasteiger partial charge >= 0.3 is 0 Å². The Morgan fingerprint density at radius 1 is 1.31 bits per heavy atom. The molecule has 0 bridgehead atoms. The number of methoxy groups -OCH3 is 1. The average molecular weight is 245 g/mol. The van der Waals surface area contributed by atoms with Crippen LogP contribution >= 0.6 is 11.6 Å². The molecule has 1 rings (SSSR count). The Labute approximate surface area is 101 Å². The zero-order valence-electron chi connectivity index (χ0n) is 9.70. The van der Waals surface area contributed by atoms with Gasteiger partial charge in [0, 0.05) is 32.6 Å². The van der Waals surface area contributed by atoms with Gasteiger partial charge in [-0.05, 0) is 6.42 Å². The maximum Gasteiger partial charge on any atom is 0.218 e. The summed E-state index contributed by atoms with van der Waals surface area (Å²) >= 11 is 5.87. The summed E-state index contributed by atoms with van der Waals surface area (Å²) in [4.78, 5) is 8.38. The first-order chi connectivity index (χ1) is 7.76. The Bertz CT molecular complexity index is 321. The summed E-state index contributed by atoms with van der Waals surface area (Å²) in [5.41, 5.74) is 0. The lowest BCUT2D eigenvalue weighted by atomic mass is 10.3. The van der Waals surface area contributed by atoms with Gasteiger partial charge in [-0.1, -0.05) is 18.5 Å². The van der Waals surface area contributed by atoms with Crippen LogP contribution in [0.5, 0.6) is 5.88 Å². The molecule has 1 aromatic rings. The van der Waals surface area contributed by atoms with Crippen LogP contribution in [0.2, 0.25) is 5.15 Å². The van der Waals surface area contributed by atoms with E-state index in [1.165, 1.54) is 0 Å². The van der Waals surface area contributed by atoms with Crippen LogP contribution in [0.15, 0.2) is 6.07 Å². The summed E-state index contributed by atoms with van der Waals surface area (Å²) in [6.45, 7) is 3.33. The lowest BCUT2D eigenvalue weighted by Gasteiger charge is -2.06. The Morgan fingerprint density at radius 3 is 2.81 bits per heavy atom. The van der Waals surface area contributed by atoms with Crippen molar-refractivity contribution in [2.24, 2.45) is 0 Å². The van der Waals surface area contributed by atoms with Gasteiger partial charge in [0.2, 0.25) is 5.88 Å². The molecule has 0 aliphatic rings. The molecule has 0 aromatic carbocycles. The van der Waals surface area contributed by atoms with E-state index >= 15 is 0 Å². The summed E-state index contributed by atoms with van der Waals surface area (Å²) in [5, 5.41) is 0.431. The van der Waals surface area contributed by atoms with E-state index in [-0.39, 0.29) is 0 Å². The number of rotatable bonds is 7. The van der Waals surface area contributed by atoms with Gasteiger partial charge in [-0.3, -0.25) is 0 Å². The lowest BCUT2D eigenvalue weighted by Crippen LogP contribution is -2.04. The van der Waals surface area contributed by atoms with Crippen LogP contribution in [0.1, 0.15) is 25.6 Å². The number of halogens is 1. The molecule has 0 aliphatic carbocycles. The fourth-order valence-electron chi connectivity index (χ4n) is 1.23. The third-order valence-electron chi connectivity index (χ3n) is 1.93. The van der Waals surface area contributed by atoms with Crippen molar-refractivity contribution in [3.8, 4) is 5.88 Å². The number of ether oxygens (including phenoxy) is 2. The molecule has 0 saturated heterocycles. The monoisotopic (exact) mass is 244 g/mol. The molecular formula is C11H17ClN2O2. The van der Waals surface area contributed by atoms with Gasteiger partial charge in [0.15, 0.2) is 0 Å². The van der Waals surface area contributed by atoms with Gasteiger partial charge in [-0.25, -0.2) is 4.98 Å². The van der Waals surface area contributed by atoms with E-state index in [2.05, 4.69) is 16.9 Å². The smallest absolute Gasteiger partial charge is 0.218 e. The van der Waals surface area contributed by atoms with E-state index in [1.807, 2.05) is 0 Å². The van der Waals surface area contributed by atoms with Crippen molar-refractivity contribution in [1.29, 1.82) is 0 Å². The van der Waals surface area contributed by atoms with Crippen LogP contribution in [0.3, 0.4) is 0 Å². The molecule has 0 saturated carbocycles. The van der Waals surface area contributed by atoms with E-state index in [4.69, 9.17) is 21.1 Å². The van der Waals surface area contributed by atoms with E-state index in [9.17, 15) is 0 Å². The molecule has 0 radical (unpaired) electrons.